The highest BCUT2D eigenvalue weighted by atomic mass is 16.4. The van der Waals surface area contributed by atoms with Crippen molar-refractivity contribution in [3.05, 3.63) is 18.2 Å². The molecule has 1 heterocycles. The van der Waals surface area contributed by atoms with Gasteiger partial charge in [-0.25, -0.2) is 9.78 Å². The molecule has 3 unspecified atom stereocenters. The first-order valence-electron chi connectivity index (χ1n) is 10.5. The second-order valence-corrected chi connectivity index (χ2v) is 7.41. The zero-order chi connectivity index (χ0) is 24.8. The molecule has 0 fully saturated rings. The maximum atomic E-state index is 12.6. The summed E-state index contributed by atoms with van der Waals surface area (Å²) >= 11 is 0. The molecule has 0 spiro atoms. The molecule has 0 radical (unpaired) electrons. The van der Waals surface area contributed by atoms with Crippen LogP contribution in [0.5, 0.6) is 0 Å². The summed E-state index contributed by atoms with van der Waals surface area (Å²) in [4.78, 5) is 65.8. The lowest BCUT2D eigenvalue weighted by atomic mass is 10.1. The third-order valence-corrected chi connectivity index (χ3v) is 4.65. The third-order valence-electron chi connectivity index (χ3n) is 4.65. The topological polar surface area (TPSA) is 248 Å². The lowest BCUT2D eigenvalue weighted by molar-refractivity contribution is -0.142. The number of nitrogens with two attached hydrogens (primary N) is 3. The van der Waals surface area contributed by atoms with Gasteiger partial charge >= 0.3 is 5.97 Å². The molecule has 0 saturated heterocycles. The first kappa shape index (κ1) is 27.5. The Hall–Kier alpha value is -3.52. The molecule has 0 aliphatic heterocycles. The number of hydrogen-bond acceptors (Lipinski definition) is 8. The number of carboxylic acid groups (broad SMARTS) is 1. The number of H-pyrrole nitrogens is 1. The molecule has 14 nitrogen and oxygen atoms in total. The summed E-state index contributed by atoms with van der Waals surface area (Å²) < 4.78 is 0. The average Bonchev–Trinajstić information content (AvgIpc) is 3.26. The van der Waals surface area contributed by atoms with E-state index in [1.165, 1.54) is 12.5 Å². The number of nitrogens with zero attached hydrogens (tertiary/aromatic N) is 1. The van der Waals surface area contributed by atoms with Crippen LogP contribution in [0.3, 0.4) is 0 Å². The number of hydrogen-bond donors (Lipinski definition) is 8. The van der Waals surface area contributed by atoms with E-state index in [-0.39, 0.29) is 25.7 Å². The van der Waals surface area contributed by atoms with Crippen LogP contribution >= 0.6 is 0 Å². The van der Waals surface area contributed by atoms with E-state index in [1.807, 2.05) is 0 Å². The number of unbranched alkanes of at least 4 members (excludes halogenated alkanes) is 1. The van der Waals surface area contributed by atoms with Crippen molar-refractivity contribution in [3.8, 4) is 0 Å². The Morgan fingerprint density at radius 3 is 2.36 bits per heavy atom. The van der Waals surface area contributed by atoms with E-state index in [9.17, 15) is 24.0 Å². The van der Waals surface area contributed by atoms with Crippen LogP contribution in [0.2, 0.25) is 0 Å². The molecule has 4 amide bonds. The van der Waals surface area contributed by atoms with Crippen molar-refractivity contribution in [2.24, 2.45) is 17.2 Å². The molecule has 0 bridgehead atoms. The minimum Gasteiger partial charge on any atom is -0.480 e. The molecular weight excluding hydrogens is 436 g/mol. The van der Waals surface area contributed by atoms with Gasteiger partial charge in [0.05, 0.1) is 18.9 Å². The number of carbonyl (C=O) groups excluding carboxylic acids is 4. The highest BCUT2D eigenvalue weighted by Gasteiger charge is 2.25. The van der Waals surface area contributed by atoms with E-state index in [0.717, 1.165) is 0 Å². The number of aliphatic carboxylic acids is 1. The van der Waals surface area contributed by atoms with Crippen LogP contribution in [-0.4, -0.2) is 75.9 Å². The van der Waals surface area contributed by atoms with Crippen LogP contribution in [-0.2, 0) is 30.4 Å². The number of rotatable bonds is 16. The molecule has 1 aromatic heterocycles. The second-order valence-electron chi connectivity index (χ2n) is 7.41. The summed E-state index contributed by atoms with van der Waals surface area (Å²) in [6, 6.07) is -3.22. The quantitative estimate of drug-likeness (QED) is 0.114. The van der Waals surface area contributed by atoms with Crippen molar-refractivity contribution in [1.82, 2.24) is 25.9 Å². The minimum absolute atomic E-state index is 0.184. The van der Waals surface area contributed by atoms with Gasteiger partial charge < -0.3 is 43.2 Å². The smallest absolute Gasteiger partial charge is 0.326 e. The molecule has 0 aliphatic rings. The molecule has 184 valence electrons. The predicted molar refractivity (Wildman–Crippen MR) is 116 cm³/mol. The van der Waals surface area contributed by atoms with Crippen molar-refractivity contribution in [1.29, 1.82) is 0 Å². The van der Waals surface area contributed by atoms with Crippen LogP contribution in [0, 0.1) is 0 Å². The molecule has 0 saturated carbocycles. The monoisotopic (exact) mass is 468 g/mol. The number of primary amides is 1. The molecule has 1 aromatic rings. The fourth-order valence-corrected chi connectivity index (χ4v) is 2.85. The number of imidazole rings is 1. The van der Waals surface area contributed by atoms with Gasteiger partial charge in [0.1, 0.15) is 12.1 Å². The highest BCUT2D eigenvalue weighted by molar-refractivity contribution is 5.92. The highest BCUT2D eigenvalue weighted by Crippen LogP contribution is 2.03. The van der Waals surface area contributed by atoms with E-state index in [2.05, 4.69) is 25.9 Å². The maximum Gasteiger partial charge on any atom is 0.326 e. The van der Waals surface area contributed by atoms with E-state index in [0.29, 0.717) is 25.1 Å². The van der Waals surface area contributed by atoms with Gasteiger partial charge in [-0.15, -0.1) is 0 Å². The average molecular weight is 469 g/mol. The molecule has 33 heavy (non-hydrogen) atoms. The second kappa shape index (κ2) is 14.5. The largest absolute Gasteiger partial charge is 0.480 e. The number of carbonyl (C=O) groups is 5. The summed E-state index contributed by atoms with van der Waals surface area (Å²) in [6.07, 6.45) is 4.21. The van der Waals surface area contributed by atoms with Gasteiger partial charge in [0.2, 0.25) is 23.6 Å². The van der Waals surface area contributed by atoms with Gasteiger partial charge in [-0.2, -0.15) is 0 Å². The van der Waals surface area contributed by atoms with Crippen LogP contribution in [0.1, 0.15) is 37.8 Å². The molecule has 1 rings (SSSR count). The minimum atomic E-state index is -1.34. The number of aromatic amines is 1. The summed E-state index contributed by atoms with van der Waals surface area (Å²) in [5.41, 5.74) is 17.0. The van der Waals surface area contributed by atoms with Gasteiger partial charge in [-0.3, -0.25) is 19.2 Å². The Kier molecular flexibility index (Phi) is 12.1. The first-order valence-corrected chi connectivity index (χ1v) is 10.5. The van der Waals surface area contributed by atoms with Crippen molar-refractivity contribution in [3.63, 3.8) is 0 Å². The number of carboxylic acids is 1. The van der Waals surface area contributed by atoms with Gasteiger partial charge in [0.25, 0.3) is 0 Å². The van der Waals surface area contributed by atoms with E-state index >= 15 is 0 Å². The summed E-state index contributed by atoms with van der Waals surface area (Å²) in [5.74, 6) is -4.00. The van der Waals surface area contributed by atoms with Crippen molar-refractivity contribution in [2.75, 3.05) is 13.1 Å². The zero-order valence-corrected chi connectivity index (χ0v) is 18.2. The van der Waals surface area contributed by atoms with Gasteiger partial charge in [-0.05, 0) is 32.2 Å². The van der Waals surface area contributed by atoms with Crippen LogP contribution < -0.4 is 33.2 Å². The van der Waals surface area contributed by atoms with Crippen molar-refractivity contribution < 1.29 is 29.1 Å². The van der Waals surface area contributed by atoms with Crippen LogP contribution in [0.15, 0.2) is 12.5 Å². The fraction of sp³-hybridized carbons (Fsp3) is 0.579. The first-order chi connectivity index (χ1) is 15.6. The third kappa shape index (κ3) is 11.1. The van der Waals surface area contributed by atoms with Gasteiger partial charge in [0, 0.05) is 24.7 Å². The van der Waals surface area contributed by atoms with Crippen molar-refractivity contribution >= 4 is 29.6 Å². The Morgan fingerprint density at radius 1 is 1.06 bits per heavy atom. The molecule has 14 heteroatoms. The lowest BCUT2D eigenvalue weighted by Gasteiger charge is -2.21. The molecular formula is C19H32N8O6. The SMILES string of the molecule is NCCCCC(NC(=O)C(N)Cc1cnc[nH]1)C(=O)NCC(=O)NC(CCC(N)=O)C(=O)O. The number of aromatic nitrogens is 2. The Bertz CT molecular complexity index is 800. The van der Waals surface area contributed by atoms with E-state index in [1.54, 1.807) is 0 Å². The zero-order valence-electron chi connectivity index (χ0n) is 18.2. The standard InChI is InChI=1S/C19H32N8O6/c20-6-2-1-3-13(27-17(30)12(21)7-11-8-23-10-25-11)18(31)24-9-16(29)26-14(19(32)33)4-5-15(22)28/h8,10,12-14H,1-7,9,20-21H2,(H2,22,28)(H,23,25)(H,24,31)(H,26,29)(H,27,30)(H,32,33). The summed E-state index contributed by atoms with van der Waals surface area (Å²) in [5, 5.41) is 16.3. The Balaban J connectivity index is 2.63. The number of amides is 4. The van der Waals surface area contributed by atoms with Gasteiger partial charge in [-0.1, -0.05) is 0 Å². The molecule has 3 atom stereocenters. The maximum absolute atomic E-state index is 12.6. The van der Waals surface area contributed by atoms with Crippen molar-refractivity contribution in [2.45, 2.75) is 56.7 Å². The lowest BCUT2D eigenvalue weighted by Crippen LogP contribution is -2.53. The molecule has 0 aliphatic carbocycles. The Labute approximate surface area is 190 Å². The molecule has 0 aromatic carbocycles. The van der Waals surface area contributed by atoms with E-state index in [4.69, 9.17) is 22.3 Å². The Morgan fingerprint density at radius 2 is 1.79 bits per heavy atom. The predicted octanol–water partition coefficient (Wildman–Crippen LogP) is -3.16. The normalized spacial score (nSPS) is 13.4. The van der Waals surface area contributed by atoms with Crippen LogP contribution in [0.4, 0.5) is 0 Å². The summed E-state index contributed by atoms with van der Waals surface area (Å²) in [7, 11) is 0. The number of nitrogens with one attached hydrogen (secondary N) is 4. The van der Waals surface area contributed by atoms with Gasteiger partial charge in [0.15, 0.2) is 0 Å². The fourth-order valence-electron chi connectivity index (χ4n) is 2.85. The van der Waals surface area contributed by atoms with E-state index < -0.39 is 54.3 Å². The summed E-state index contributed by atoms with van der Waals surface area (Å²) in [6.45, 7) is -0.117. The van der Waals surface area contributed by atoms with Crippen LogP contribution in [0.25, 0.3) is 0 Å². The molecule has 11 N–H and O–H groups in total.